The van der Waals surface area contributed by atoms with Crippen LogP contribution < -0.4 is 0 Å². The van der Waals surface area contributed by atoms with Gasteiger partial charge in [0, 0.05) is 6.42 Å². The smallest absolute Gasteiger partial charge is 0.308 e. The van der Waals surface area contributed by atoms with Crippen LogP contribution in [0.3, 0.4) is 0 Å². The Labute approximate surface area is 97.6 Å². The first-order valence-corrected chi connectivity index (χ1v) is 5.79. The highest BCUT2D eigenvalue weighted by molar-refractivity contribution is 5.69. The van der Waals surface area contributed by atoms with E-state index in [1.165, 1.54) is 0 Å². The van der Waals surface area contributed by atoms with Gasteiger partial charge in [-0.15, -0.1) is 0 Å². The third-order valence-corrected chi connectivity index (χ3v) is 2.73. The first-order valence-electron chi connectivity index (χ1n) is 5.79. The highest BCUT2D eigenvalue weighted by Gasteiger charge is 2.39. The molecule has 0 aliphatic carbocycles. The van der Waals surface area contributed by atoms with Crippen LogP contribution in [0.5, 0.6) is 0 Å². The fourth-order valence-corrected chi connectivity index (χ4v) is 1.54. The van der Waals surface area contributed by atoms with Crippen molar-refractivity contribution in [3.8, 4) is 0 Å². The van der Waals surface area contributed by atoms with Crippen molar-refractivity contribution in [1.82, 2.24) is 0 Å². The van der Waals surface area contributed by atoms with E-state index >= 15 is 0 Å². The van der Waals surface area contributed by atoms with Gasteiger partial charge in [-0.3, -0.25) is 4.79 Å². The number of rotatable bonds is 6. The number of hydrogen-bond acceptors (Lipinski definition) is 4. The van der Waals surface area contributed by atoms with Crippen LogP contribution in [0.2, 0.25) is 0 Å². The molecule has 0 aliphatic heterocycles. The van der Waals surface area contributed by atoms with Crippen molar-refractivity contribution in [2.75, 3.05) is 0 Å². The zero-order valence-corrected chi connectivity index (χ0v) is 10.9. The van der Waals surface area contributed by atoms with Gasteiger partial charge in [0.2, 0.25) is 6.29 Å². The molecule has 0 aromatic rings. The van der Waals surface area contributed by atoms with Crippen molar-refractivity contribution in [3.05, 3.63) is 0 Å². The van der Waals surface area contributed by atoms with Crippen molar-refractivity contribution in [3.63, 3.8) is 0 Å². The van der Waals surface area contributed by atoms with E-state index in [4.69, 9.17) is 4.74 Å². The number of ether oxygens (including phenoxy) is 1. The maximum Gasteiger partial charge on any atom is 0.308 e. The summed E-state index contributed by atoms with van der Waals surface area (Å²) in [5, 5.41) is 19.7. The van der Waals surface area contributed by atoms with Crippen LogP contribution in [0, 0.1) is 11.3 Å². The molecule has 96 valence electrons. The van der Waals surface area contributed by atoms with E-state index in [1.54, 1.807) is 13.8 Å². The van der Waals surface area contributed by atoms with E-state index in [9.17, 15) is 15.0 Å². The topological polar surface area (TPSA) is 66.8 Å². The molecule has 0 rings (SSSR count). The van der Waals surface area contributed by atoms with Gasteiger partial charge < -0.3 is 14.9 Å². The summed E-state index contributed by atoms with van der Waals surface area (Å²) in [7, 11) is 0. The second kappa shape index (κ2) is 6.21. The zero-order valence-electron chi connectivity index (χ0n) is 10.9. The van der Waals surface area contributed by atoms with E-state index in [1.807, 2.05) is 20.8 Å². The molecule has 0 aliphatic rings. The molecule has 0 bridgehead atoms. The maximum absolute atomic E-state index is 11.2. The average Bonchev–Trinajstić information content (AvgIpc) is 2.16. The van der Waals surface area contributed by atoms with Gasteiger partial charge in [-0.25, -0.2) is 0 Å². The Morgan fingerprint density at radius 3 is 2.19 bits per heavy atom. The summed E-state index contributed by atoms with van der Waals surface area (Å²) in [6.45, 7) is 8.94. The molecule has 0 fully saturated rings. The van der Waals surface area contributed by atoms with Crippen molar-refractivity contribution >= 4 is 5.97 Å². The Hall–Kier alpha value is -0.610. The fraction of sp³-hybridized carbons (Fsp3) is 0.917. The summed E-state index contributed by atoms with van der Waals surface area (Å²) in [6.07, 6.45) is -1.04. The Bertz CT molecular complexity index is 223. The standard InChI is InChI=1S/C12H24O4/c1-6-7-9(13)16-11(15)12(4,5)10(14)8(2)3/h8,10-11,14-15H,6-7H2,1-5H3. The van der Waals surface area contributed by atoms with Crippen molar-refractivity contribution < 1.29 is 19.7 Å². The molecule has 4 nitrogen and oxygen atoms in total. The molecule has 2 atom stereocenters. The van der Waals surface area contributed by atoms with Crippen LogP contribution in [0.4, 0.5) is 0 Å². The minimum atomic E-state index is -1.27. The van der Waals surface area contributed by atoms with Crippen LogP contribution in [-0.4, -0.2) is 28.6 Å². The predicted octanol–water partition coefficient (Wildman–Crippen LogP) is 1.69. The van der Waals surface area contributed by atoms with Crippen LogP contribution in [-0.2, 0) is 9.53 Å². The number of carbonyl (C=O) groups excluding carboxylic acids is 1. The molecule has 0 heterocycles. The predicted molar refractivity (Wildman–Crippen MR) is 61.6 cm³/mol. The molecule has 0 spiro atoms. The average molecular weight is 232 g/mol. The highest BCUT2D eigenvalue weighted by Crippen LogP contribution is 2.30. The number of esters is 1. The monoisotopic (exact) mass is 232 g/mol. The van der Waals surface area contributed by atoms with E-state index in [-0.39, 0.29) is 12.3 Å². The molecule has 0 radical (unpaired) electrons. The minimum absolute atomic E-state index is 0.00507. The lowest BCUT2D eigenvalue weighted by Gasteiger charge is -2.36. The van der Waals surface area contributed by atoms with Gasteiger partial charge in [0.25, 0.3) is 0 Å². The largest absolute Gasteiger partial charge is 0.435 e. The Balaban J connectivity index is 4.45. The molecule has 2 N–H and O–H groups in total. The Morgan fingerprint density at radius 1 is 1.31 bits per heavy atom. The lowest BCUT2D eigenvalue weighted by Crippen LogP contribution is -2.45. The molecule has 0 saturated heterocycles. The SMILES string of the molecule is CCCC(=O)OC(O)C(C)(C)C(O)C(C)C. The van der Waals surface area contributed by atoms with Gasteiger partial charge in [-0.2, -0.15) is 0 Å². The molecule has 0 amide bonds. The van der Waals surface area contributed by atoms with Gasteiger partial charge in [0.15, 0.2) is 0 Å². The first kappa shape index (κ1) is 15.4. The fourth-order valence-electron chi connectivity index (χ4n) is 1.54. The maximum atomic E-state index is 11.2. The lowest BCUT2D eigenvalue weighted by atomic mass is 9.80. The van der Waals surface area contributed by atoms with Gasteiger partial charge in [-0.1, -0.05) is 34.6 Å². The summed E-state index contributed by atoms with van der Waals surface area (Å²) in [4.78, 5) is 11.2. The Kier molecular flexibility index (Phi) is 5.97. The Morgan fingerprint density at radius 2 is 1.81 bits per heavy atom. The quantitative estimate of drug-likeness (QED) is 0.540. The van der Waals surface area contributed by atoms with E-state index < -0.39 is 23.8 Å². The molecule has 0 aromatic heterocycles. The van der Waals surface area contributed by atoms with E-state index in [0.29, 0.717) is 6.42 Å². The third-order valence-electron chi connectivity index (χ3n) is 2.73. The number of hydrogen-bond donors (Lipinski definition) is 2. The summed E-state index contributed by atoms with van der Waals surface area (Å²) >= 11 is 0. The van der Waals surface area contributed by atoms with Crippen LogP contribution >= 0.6 is 0 Å². The van der Waals surface area contributed by atoms with Crippen LogP contribution in [0.15, 0.2) is 0 Å². The third kappa shape index (κ3) is 4.10. The minimum Gasteiger partial charge on any atom is -0.435 e. The van der Waals surface area contributed by atoms with Crippen molar-refractivity contribution in [1.29, 1.82) is 0 Å². The van der Waals surface area contributed by atoms with Crippen molar-refractivity contribution in [2.45, 2.75) is 59.9 Å². The van der Waals surface area contributed by atoms with Gasteiger partial charge in [0.1, 0.15) is 0 Å². The lowest BCUT2D eigenvalue weighted by molar-refractivity contribution is -0.207. The van der Waals surface area contributed by atoms with E-state index in [0.717, 1.165) is 0 Å². The first-order chi connectivity index (χ1) is 7.23. The summed E-state index contributed by atoms with van der Waals surface area (Å²) in [6, 6.07) is 0. The summed E-state index contributed by atoms with van der Waals surface area (Å²) in [5.41, 5.74) is -0.864. The second-order valence-corrected chi connectivity index (χ2v) is 5.10. The van der Waals surface area contributed by atoms with E-state index in [2.05, 4.69) is 0 Å². The normalized spacial score (nSPS) is 16.0. The number of aliphatic hydroxyl groups is 2. The number of aliphatic hydroxyl groups excluding tert-OH is 2. The highest BCUT2D eigenvalue weighted by atomic mass is 16.6. The molecule has 0 saturated carbocycles. The zero-order chi connectivity index (χ0) is 12.9. The molecular formula is C12H24O4. The second-order valence-electron chi connectivity index (χ2n) is 5.10. The van der Waals surface area contributed by atoms with Gasteiger partial charge in [-0.05, 0) is 12.3 Å². The summed E-state index contributed by atoms with van der Waals surface area (Å²) in [5.74, 6) is -0.437. The van der Waals surface area contributed by atoms with Crippen molar-refractivity contribution in [2.24, 2.45) is 11.3 Å². The van der Waals surface area contributed by atoms with Gasteiger partial charge >= 0.3 is 5.97 Å². The molecule has 4 heteroatoms. The van der Waals surface area contributed by atoms with Crippen LogP contribution in [0.1, 0.15) is 47.5 Å². The van der Waals surface area contributed by atoms with Crippen LogP contribution in [0.25, 0.3) is 0 Å². The molecule has 16 heavy (non-hydrogen) atoms. The molecular weight excluding hydrogens is 208 g/mol. The number of carbonyl (C=O) groups is 1. The summed E-state index contributed by atoms with van der Waals surface area (Å²) < 4.78 is 4.88. The molecule has 2 unspecified atom stereocenters. The molecule has 0 aromatic carbocycles. The van der Waals surface area contributed by atoms with Gasteiger partial charge in [0.05, 0.1) is 11.5 Å².